The average Bonchev–Trinajstić information content (AvgIpc) is 2.91. The molecule has 0 spiro atoms. The number of nitrogens with one attached hydrogen (secondary N) is 1. The number of hydrogen-bond donors (Lipinski definition) is 1. The smallest absolute Gasteiger partial charge is 0.228 e. The molecule has 2 aromatic carbocycles. The van der Waals surface area contributed by atoms with Gasteiger partial charge in [-0.15, -0.1) is 0 Å². The van der Waals surface area contributed by atoms with Crippen LogP contribution in [0.15, 0.2) is 59.2 Å². The minimum atomic E-state index is -0.142. The van der Waals surface area contributed by atoms with E-state index in [1.807, 2.05) is 30.3 Å². The van der Waals surface area contributed by atoms with Crippen molar-refractivity contribution in [1.82, 2.24) is 0 Å². The number of hydrogen-bond acceptors (Lipinski definition) is 3. The van der Waals surface area contributed by atoms with Crippen LogP contribution in [0.1, 0.15) is 11.1 Å². The van der Waals surface area contributed by atoms with Crippen molar-refractivity contribution < 1.29 is 9.21 Å². The third kappa shape index (κ3) is 2.77. The Hall–Kier alpha value is -3.06. The van der Waals surface area contributed by atoms with Crippen molar-refractivity contribution in [3.63, 3.8) is 0 Å². The van der Waals surface area contributed by atoms with Crippen LogP contribution < -0.4 is 5.32 Å². The molecule has 4 heteroatoms. The molecule has 0 bridgehead atoms. The topological polar surface area (TPSA) is 66.0 Å². The van der Waals surface area contributed by atoms with Gasteiger partial charge in [-0.2, -0.15) is 5.26 Å². The molecule has 4 nitrogen and oxygen atoms in total. The fraction of sp³-hybridized carbons (Fsp3) is 0.0588. The third-order valence-electron chi connectivity index (χ3n) is 3.19. The van der Waals surface area contributed by atoms with Gasteiger partial charge >= 0.3 is 0 Å². The number of nitrogens with zero attached hydrogens (tertiary/aromatic N) is 1. The van der Waals surface area contributed by atoms with Crippen LogP contribution in [0.4, 0.5) is 5.69 Å². The highest BCUT2D eigenvalue weighted by Crippen LogP contribution is 2.21. The maximum Gasteiger partial charge on any atom is 0.228 e. The predicted octanol–water partition coefficient (Wildman–Crippen LogP) is 3.49. The highest BCUT2D eigenvalue weighted by Gasteiger charge is 2.10. The summed E-state index contributed by atoms with van der Waals surface area (Å²) in [5, 5.41) is 12.6. The molecule has 21 heavy (non-hydrogen) atoms. The monoisotopic (exact) mass is 276 g/mol. The second-order valence-corrected chi connectivity index (χ2v) is 4.67. The van der Waals surface area contributed by atoms with E-state index in [1.54, 1.807) is 30.5 Å². The Labute approximate surface area is 121 Å². The van der Waals surface area contributed by atoms with Crippen molar-refractivity contribution in [3.8, 4) is 6.07 Å². The fourth-order valence-electron chi connectivity index (χ4n) is 2.21. The zero-order valence-electron chi connectivity index (χ0n) is 11.2. The van der Waals surface area contributed by atoms with Crippen LogP contribution in [0.25, 0.3) is 11.0 Å². The molecule has 0 aliphatic carbocycles. The maximum atomic E-state index is 12.1. The summed E-state index contributed by atoms with van der Waals surface area (Å²) in [7, 11) is 0. The lowest BCUT2D eigenvalue weighted by Gasteiger charge is -2.04. The van der Waals surface area contributed by atoms with E-state index < -0.39 is 0 Å². The minimum absolute atomic E-state index is 0.142. The number of carbonyl (C=O) groups excluding carboxylic acids is 1. The summed E-state index contributed by atoms with van der Waals surface area (Å²) in [5.74, 6) is -0.142. The first kappa shape index (κ1) is 12.9. The summed E-state index contributed by atoms with van der Waals surface area (Å²) in [4.78, 5) is 12.1. The quantitative estimate of drug-likeness (QED) is 0.796. The molecule has 1 heterocycles. The van der Waals surface area contributed by atoms with Crippen molar-refractivity contribution in [3.05, 3.63) is 65.9 Å². The molecule has 0 saturated heterocycles. The van der Waals surface area contributed by atoms with Crippen molar-refractivity contribution in [2.75, 3.05) is 5.32 Å². The Balaban J connectivity index is 1.76. The van der Waals surface area contributed by atoms with Gasteiger partial charge in [0.2, 0.25) is 5.91 Å². The van der Waals surface area contributed by atoms with E-state index in [4.69, 9.17) is 9.68 Å². The minimum Gasteiger partial charge on any atom is -0.464 e. The van der Waals surface area contributed by atoms with Crippen LogP contribution in [0.5, 0.6) is 0 Å². The van der Waals surface area contributed by atoms with Crippen LogP contribution in [0.3, 0.4) is 0 Å². The molecule has 0 aliphatic heterocycles. The normalized spacial score (nSPS) is 10.2. The lowest BCUT2D eigenvalue weighted by molar-refractivity contribution is -0.115. The van der Waals surface area contributed by atoms with Crippen molar-refractivity contribution in [2.45, 2.75) is 6.42 Å². The summed E-state index contributed by atoms with van der Waals surface area (Å²) in [6.45, 7) is 0. The molecular formula is C17H12N2O2. The predicted molar refractivity (Wildman–Crippen MR) is 79.7 cm³/mol. The van der Waals surface area contributed by atoms with Crippen molar-refractivity contribution in [1.29, 1.82) is 5.26 Å². The lowest BCUT2D eigenvalue weighted by Crippen LogP contribution is -2.14. The molecule has 3 rings (SSSR count). The second kappa shape index (κ2) is 5.51. The van der Waals surface area contributed by atoms with E-state index in [0.717, 1.165) is 16.5 Å². The van der Waals surface area contributed by atoms with Crippen LogP contribution in [0, 0.1) is 11.3 Å². The van der Waals surface area contributed by atoms with Crippen molar-refractivity contribution in [2.24, 2.45) is 0 Å². The van der Waals surface area contributed by atoms with E-state index in [0.29, 0.717) is 11.3 Å². The standard InChI is InChI=1S/C17H12N2O2/c18-10-12-4-3-5-14(8-12)19-17(20)9-13-11-21-16-7-2-1-6-15(13)16/h1-8,11H,9H2,(H,19,20). The van der Waals surface area contributed by atoms with Gasteiger partial charge in [-0.1, -0.05) is 24.3 Å². The second-order valence-electron chi connectivity index (χ2n) is 4.67. The van der Waals surface area contributed by atoms with Gasteiger partial charge < -0.3 is 9.73 Å². The first-order chi connectivity index (χ1) is 10.3. The third-order valence-corrected chi connectivity index (χ3v) is 3.19. The molecule has 0 saturated carbocycles. The van der Waals surface area contributed by atoms with Crippen LogP contribution >= 0.6 is 0 Å². The number of anilines is 1. The van der Waals surface area contributed by atoms with Crippen molar-refractivity contribution >= 4 is 22.6 Å². The highest BCUT2D eigenvalue weighted by atomic mass is 16.3. The number of furan rings is 1. The maximum absolute atomic E-state index is 12.1. The number of carbonyl (C=O) groups is 1. The van der Waals surface area contributed by atoms with Gasteiger partial charge in [0.25, 0.3) is 0 Å². The Morgan fingerprint density at radius 2 is 2.05 bits per heavy atom. The van der Waals surface area contributed by atoms with Crippen LogP contribution in [0.2, 0.25) is 0 Å². The summed E-state index contributed by atoms with van der Waals surface area (Å²) < 4.78 is 5.41. The number of rotatable bonds is 3. The van der Waals surface area contributed by atoms with E-state index in [-0.39, 0.29) is 12.3 Å². The van der Waals surface area contributed by atoms with Crippen LogP contribution in [-0.2, 0) is 11.2 Å². The zero-order chi connectivity index (χ0) is 14.7. The molecular weight excluding hydrogens is 264 g/mol. The molecule has 1 aromatic heterocycles. The van der Waals surface area contributed by atoms with Gasteiger partial charge in [0.05, 0.1) is 24.3 Å². The molecule has 0 unspecified atom stereocenters. The summed E-state index contributed by atoms with van der Waals surface area (Å²) in [6.07, 6.45) is 1.84. The van der Waals surface area contributed by atoms with Gasteiger partial charge in [0.1, 0.15) is 5.58 Å². The van der Waals surface area contributed by atoms with Gasteiger partial charge in [-0.25, -0.2) is 0 Å². The Bertz CT molecular complexity index is 843. The Morgan fingerprint density at radius 3 is 2.90 bits per heavy atom. The first-order valence-electron chi connectivity index (χ1n) is 6.51. The number of fused-ring (bicyclic) bond motifs is 1. The Kier molecular flexibility index (Phi) is 3.40. The lowest BCUT2D eigenvalue weighted by atomic mass is 10.1. The molecule has 1 amide bonds. The number of para-hydroxylation sites is 1. The van der Waals surface area contributed by atoms with Crippen LogP contribution in [-0.4, -0.2) is 5.91 Å². The average molecular weight is 276 g/mol. The highest BCUT2D eigenvalue weighted by molar-refractivity contribution is 5.95. The molecule has 0 radical (unpaired) electrons. The van der Waals surface area contributed by atoms with Gasteiger partial charge in [-0.3, -0.25) is 4.79 Å². The SMILES string of the molecule is N#Cc1cccc(NC(=O)Cc2coc3ccccc23)c1. The number of benzene rings is 2. The van der Waals surface area contributed by atoms with Gasteiger partial charge in [0, 0.05) is 16.6 Å². The molecule has 1 N–H and O–H groups in total. The largest absolute Gasteiger partial charge is 0.464 e. The van der Waals surface area contributed by atoms with E-state index in [9.17, 15) is 4.79 Å². The molecule has 0 fully saturated rings. The Morgan fingerprint density at radius 1 is 1.19 bits per heavy atom. The summed E-state index contributed by atoms with van der Waals surface area (Å²) >= 11 is 0. The van der Waals surface area contributed by atoms with E-state index in [1.165, 1.54) is 0 Å². The number of nitriles is 1. The molecule has 0 atom stereocenters. The van der Waals surface area contributed by atoms with Gasteiger partial charge in [-0.05, 0) is 24.3 Å². The van der Waals surface area contributed by atoms with E-state index in [2.05, 4.69) is 5.32 Å². The fourth-order valence-corrected chi connectivity index (χ4v) is 2.21. The van der Waals surface area contributed by atoms with E-state index >= 15 is 0 Å². The number of amides is 1. The molecule has 0 aliphatic rings. The summed E-state index contributed by atoms with van der Waals surface area (Å²) in [5.41, 5.74) is 2.75. The molecule has 102 valence electrons. The first-order valence-corrected chi connectivity index (χ1v) is 6.51. The van der Waals surface area contributed by atoms with Gasteiger partial charge in [0.15, 0.2) is 0 Å². The zero-order valence-corrected chi connectivity index (χ0v) is 11.2. The summed E-state index contributed by atoms with van der Waals surface area (Å²) in [6, 6.07) is 16.5. The molecule has 3 aromatic rings.